The van der Waals surface area contributed by atoms with Gasteiger partial charge in [0.25, 0.3) is 0 Å². The van der Waals surface area contributed by atoms with Crippen LogP contribution in [0.15, 0.2) is 46.4 Å². The number of sulfonamides is 1. The van der Waals surface area contributed by atoms with E-state index in [-0.39, 0.29) is 46.9 Å². The maximum Gasteiger partial charge on any atom is 0.414 e. The Hall–Kier alpha value is -2.73. The highest BCUT2D eigenvalue weighted by atomic mass is 35.5. The summed E-state index contributed by atoms with van der Waals surface area (Å²) in [6, 6.07) is 9.62. The molecule has 0 radical (unpaired) electrons. The second kappa shape index (κ2) is 10.7. The van der Waals surface area contributed by atoms with Gasteiger partial charge >= 0.3 is 6.09 Å². The molecule has 2 aromatic carbocycles. The molecule has 1 spiro atoms. The highest BCUT2D eigenvalue weighted by Gasteiger charge is 2.46. The van der Waals surface area contributed by atoms with Gasteiger partial charge in [-0.3, -0.25) is 0 Å². The summed E-state index contributed by atoms with van der Waals surface area (Å²) < 4.78 is 43.2. The average molecular weight is 558 g/mol. The standard InChI is InChI=1S/C23H25Cl2N3O7S/c1-32-18-6-3-15(11-19(18)33-2)14-26-22(29)34-21-13-23(35-27-21)7-9-28(10-8-23)36(30,31)20-12-16(24)4-5-17(20)25/h3-6,11-12H,7-10,13-14H2,1-2H3,(H,26,29). The molecule has 0 unspecified atom stereocenters. The molecule has 1 fully saturated rings. The summed E-state index contributed by atoms with van der Waals surface area (Å²) in [4.78, 5) is 17.9. The van der Waals surface area contributed by atoms with Crippen molar-refractivity contribution >= 4 is 45.2 Å². The summed E-state index contributed by atoms with van der Waals surface area (Å²) in [5.41, 5.74) is 0.0578. The van der Waals surface area contributed by atoms with Gasteiger partial charge in [0.05, 0.1) is 25.7 Å². The van der Waals surface area contributed by atoms with Crippen LogP contribution >= 0.6 is 23.2 Å². The van der Waals surface area contributed by atoms with Crippen molar-refractivity contribution in [3.05, 3.63) is 52.0 Å². The highest BCUT2D eigenvalue weighted by molar-refractivity contribution is 7.89. The molecule has 2 heterocycles. The number of hydrogen-bond acceptors (Lipinski definition) is 8. The summed E-state index contributed by atoms with van der Waals surface area (Å²) in [6.07, 6.45) is 0.310. The predicted octanol–water partition coefficient (Wildman–Crippen LogP) is 4.19. The summed E-state index contributed by atoms with van der Waals surface area (Å²) in [5, 5.41) is 6.96. The first kappa shape index (κ1) is 26.3. The monoisotopic (exact) mass is 557 g/mol. The van der Waals surface area contributed by atoms with E-state index >= 15 is 0 Å². The molecular formula is C23H25Cl2N3O7S. The zero-order valence-electron chi connectivity index (χ0n) is 19.6. The topological polar surface area (TPSA) is 116 Å². The Morgan fingerprint density at radius 1 is 1.11 bits per heavy atom. The summed E-state index contributed by atoms with van der Waals surface area (Å²) >= 11 is 12.1. The number of hydrogen-bond donors (Lipinski definition) is 1. The lowest BCUT2D eigenvalue weighted by Gasteiger charge is -2.36. The molecule has 2 aliphatic heterocycles. The Kier molecular flexibility index (Phi) is 7.84. The third-order valence-corrected chi connectivity index (χ3v) is 8.67. The molecule has 0 saturated carbocycles. The molecule has 0 aliphatic carbocycles. The van der Waals surface area contributed by atoms with Gasteiger partial charge in [0.2, 0.25) is 15.9 Å². The van der Waals surface area contributed by atoms with Crippen molar-refractivity contribution < 1.29 is 32.3 Å². The molecule has 1 saturated heterocycles. The number of nitrogens with zero attached hydrogens (tertiary/aromatic N) is 2. The van der Waals surface area contributed by atoms with Crippen LogP contribution in [0.25, 0.3) is 0 Å². The van der Waals surface area contributed by atoms with Gasteiger partial charge in [-0.2, -0.15) is 4.31 Å². The largest absolute Gasteiger partial charge is 0.493 e. The maximum absolute atomic E-state index is 13.1. The number of rotatable bonds is 6. The van der Waals surface area contributed by atoms with Crippen LogP contribution in [-0.4, -0.2) is 57.6 Å². The highest BCUT2D eigenvalue weighted by Crippen LogP contribution is 2.37. The van der Waals surface area contributed by atoms with Crippen molar-refractivity contribution in [1.29, 1.82) is 0 Å². The number of nitrogens with one attached hydrogen (secondary N) is 1. The van der Waals surface area contributed by atoms with E-state index in [0.717, 1.165) is 5.56 Å². The van der Waals surface area contributed by atoms with Gasteiger partial charge in [-0.25, -0.2) is 13.2 Å². The van der Waals surface area contributed by atoms with E-state index in [4.69, 9.17) is 42.3 Å². The van der Waals surface area contributed by atoms with Gasteiger partial charge in [0, 0.05) is 37.5 Å². The van der Waals surface area contributed by atoms with Gasteiger partial charge in [-0.05, 0) is 35.9 Å². The Balaban J connectivity index is 1.29. The van der Waals surface area contributed by atoms with Gasteiger partial charge in [-0.1, -0.05) is 34.4 Å². The normalized spacial score (nSPS) is 17.3. The zero-order valence-corrected chi connectivity index (χ0v) is 22.0. The number of amides is 1. The second-order valence-corrected chi connectivity index (χ2v) is 11.1. The molecule has 10 nitrogen and oxygen atoms in total. The lowest BCUT2D eigenvalue weighted by molar-refractivity contribution is -0.0506. The van der Waals surface area contributed by atoms with Crippen molar-refractivity contribution in [3.8, 4) is 11.5 Å². The van der Waals surface area contributed by atoms with Crippen molar-refractivity contribution in [2.75, 3.05) is 27.3 Å². The molecule has 0 atom stereocenters. The molecule has 1 N–H and O–H groups in total. The van der Waals surface area contributed by atoms with Crippen LogP contribution in [0, 0.1) is 0 Å². The van der Waals surface area contributed by atoms with E-state index in [0.29, 0.717) is 24.3 Å². The number of ether oxygens (including phenoxy) is 3. The first-order valence-corrected chi connectivity index (χ1v) is 13.2. The molecular weight excluding hydrogens is 533 g/mol. The van der Waals surface area contributed by atoms with Crippen LogP contribution in [0.5, 0.6) is 11.5 Å². The lowest BCUT2D eigenvalue weighted by Crippen LogP contribution is -2.47. The molecule has 2 aromatic rings. The zero-order chi connectivity index (χ0) is 25.9. The van der Waals surface area contributed by atoms with Crippen LogP contribution < -0.4 is 14.8 Å². The number of benzene rings is 2. The first-order valence-electron chi connectivity index (χ1n) is 11.0. The lowest BCUT2D eigenvalue weighted by atomic mass is 9.89. The fourth-order valence-electron chi connectivity index (χ4n) is 4.07. The van der Waals surface area contributed by atoms with Gasteiger partial charge in [0.1, 0.15) is 10.5 Å². The van der Waals surface area contributed by atoms with Crippen LogP contribution in [0.4, 0.5) is 4.79 Å². The molecule has 2 aliphatic rings. The number of alkyl carbamates (subject to hydrolysis) is 1. The Morgan fingerprint density at radius 3 is 2.53 bits per heavy atom. The van der Waals surface area contributed by atoms with Crippen molar-refractivity contribution in [2.24, 2.45) is 5.16 Å². The van der Waals surface area contributed by atoms with Gasteiger partial charge in [-0.15, -0.1) is 0 Å². The summed E-state index contributed by atoms with van der Waals surface area (Å²) in [5.74, 6) is 1.27. The van der Waals surface area contributed by atoms with E-state index < -0.39 is 21.7 Å². The van der Waals surface area contributed by atoms with Crippen LogP contribution in [-0.2, 0) is 26.1 Å². The first-order chi connectivity index (χ1) is 17.2. The van der Waals surface area contributed by atoms with Gasteiger partial charge in [0.15, 0.2) is 11.5 Å². The van der Waals surface area contributed by atoms with Crippen LogP contribution in [0.3, 0.4) is 0 Å². The SMILES string of the molecule is COc1ccc(CNC(=O)OC2=NOC3(CCN(S(=O)(=O)c4cc(Cl)ccc4Cl)CC3)C2)cc1OC. The van der Waals surface area contributed by atoms with Gasteiger partial charge < -0.3 is 24.4 Å². The summed E-state index contributed by atoms with van der Waals surface area (Å²) in [7, 11) is -0.750. The predicted molar refractivity (Wildman–Crippen MR) is 133 cm³/mol. The number of oxime groups is 1. The molecule has 4 rings (SSSR count). The van der Waals surface area contributed by atoms with Crippen molar-refractivity contribution in [3.63, 3.8) is 0 Å². The van der Waals surface area contributed by atoms with Crippen molar-refractivity contribution in [2.45, 2.75) is 36.3 Å². The number of carbonyl (C=O) groups is 1. The minimum absolute atomic E-state index is 0.0358. The average Bonchev–Trinajstić information content (AvgIpc) is 3.25. The molecule has 0 aromatic heterocycles. The van der Waals surface area contributed by atoms with E-state index in [2.05, 4.69) is 10.5 Å². The van der Waals surface area contributed by atoms with E-state index in [1.54, 1.807) is 25.3 Å². The smallest absolute Gasteiger partial charge is 0.414 e. The van der Waals surface area contributed by atoms with Crippen LogP contribution in [0.1, 0.15) is 24.8 Å². The molecule has 194 valence electrons. The Morgan fingerprint density at radius 2 is 1.83 bits per heavy atom. The third kappa shape index (κ3) is 5.64. The minimum atomic E-state index is -3.83. The minimum Gasteiger partial charge on any atom is -0.493 e. The molecule has 1 amide bonds. The number of carbonyl (C=O) groups excluding carboxylic acids is 1. The third-order valence-electron chi connectivity index (χ3n) is 6.05. The fourth-order valence-corrected chi connectivity index (χ4v) is 6.25. The summed E-state index contributed by atoms with van der Waals surface area (Å²) in [6.45, 7) is 0.594. The molecule has 13 heteroatoms. The number of halogens is 2. The number of methoxy groups -OCH3 is 2. The van der Waals surface area contributed by atoms with Crippen molar-refractivity contribution in [1.82, 2.24) is 9.62 Å². The Labute approximate surface area is 219 Å². The van der Waals surface area contributed by atoms with E-state index in [1.165, 1.54) is 29.6 Å². The number of piperidine rings is 1. The quantitative estimate of drug-likeness (QED) is 0.565. The van der Waals surface area contributed by atoms with Crippen LogP contribution in [0.2, 0.25) is 10.0 Å². The maximum atomic E-state index is 13.1. The molecule has 0 bridgehead atoms. The molecule has 36 heavy (non-hydrogen) atoms. The fraction of sp³-hybridized carbons (Fsp3) is 0.391. The van der Waals surface area contributed by atoms with E-state index in [9.17, 15) is 13.2 Å². The second-order valence-electron chi connectivity index (χ2n) is 8.35. The van der Waals surface area contributed by atoms with E-state index in [1.807, 2.05) is 0 Å². The Bertz CT molecular complexity index is 1280.